The molecule has 0 heterocycles. The standard InChI is InChI=1S/C14H27NO2/c1-14(9-16,10-17)8-15(2)7-13-6-11-3-4-12(13)5-11/h11-13,16-17H,3-10H2,1-2H3. The predicted octanol–water partition coefficient (Wildman–Crippen LogP) is 1.35. The Morgan fingerprint density at radius 2 is 1.88 bits per heavy atom. The summed E-state index contributed by atoms with van der Waals surface area (Å²) in [4.78, 5) is 2.30. The van der Waals surface area contributed by atoms with Gasteiger partial charge in [0, 0.05) is 18.5 Å². The molecule has 2 bridgehead atoms. The molecule has 0 radical (unpaired) electrons. The summed E-state index contributed by atoms with van der Waals surface area (Å²) in [5.74, 6) is 2.82. The van der Waals surface area contributed by atoms with Gasteiger partial charge in [0.15, 0.2) is 0 Å². The van der Waals surface area contributed by atoms with Crippen LogP contribution in [0.1, 0.15) is 32.6 Å². The summed E-state index contributed by atoms with van der Waals surface area (Å²) >= 11 is 0. The maximum Gasteiger partial charge on any atom is 0.0519 e. The minimum absolute atomic E-state index is 0.0601. The zero-order chi connectivity index (χ0) is 12.5. The summed E-state index contributed by atoms with van der Waals surface area (Å²) in [6.07, 6.45) is 5.75. The Hall–Kier alpha value is -0.120. The molecular weight excluding hydrogens is 214 g/mol. The summed E-state index contributed by atoms with van der Waals surface area (Å²) < 4.78 is 0. The number of hydrogen-bond acceptors (Lipinski definition) is 3. The average Bonchev–Trinajstić information content (AvgIpc) is 2.90. The highest BCUT2D eigenvalue weighted by molar-refractivity contribution is 4.91. The third-order valence-electron chi connectivity index (χ3n) is 4.85. The van der Waals surface area contributed by atoms with E-state index in [1.807, 2.05) is 6.92 Å². The molecule has 0 aromatic heterocycles. The average molecular weight is 241 g/mol. The van der Waals surface area contributed by atoms with Crippen LogP contribution in [-0.2, 0) is 0 Å². The van der Waals surface area contributed by atoms with Gasteiger partial charge < -0.3 is 15.1 Å². The Bertz CT molecular complexity index is 253. The van der Waals surface area contributed by atoms with Crippen molar-refractivity contribution in [2.45, 2.75) is 32.6 Å². The fraction of sp³-hybridized carbons (Fsp3) is 1.00. The fourth-order valence-corrected chi connectivity index (χ4v) is 3.87. The van der Waals surface area contributed by atoms with Crippen LogP contribution >= 0.6 is 0 Å². The van der Waals surface area contributed by atoms with Gasteiger partial charge in [0.2, 0.25) is 0 Å². The Kier molecular flexibility index (Phi) is 4.11. The van der Waals surface area contributed by atoms with E-state index in [0.717, 1.165) is 30.8 Å². The zero-order valence-corrected chi connectivity index (χ0v) is 11.2. The van der Waals surface area contributed by atoms with Crippen LogP contribution < -0.4 is 0 Å². The SMILES string of the molecule is CN(CC1CC2CCC1C2)CC(C)(CO)CO. The summed E-state index contributed by atoms with van der Waals surface area (Å²) in [7, 11) is 2.12. The van der Waals surface area contributed by atoms with Crippen LogP contribution in [0.25, 0.3) is 0 Å². The van der Waals surface area contributed by atoms with Crippen LogP contribution in [0, 0.1) is 23.2 Å². The molecule has 0 spiro atoms. The van der Waals surface area contributed by atoms with Crippen molar-refractivity contribution in [3.63, 3.8) is 0 Å². The van der Waals surface area contributed by atoms with E-state index in [1.54, 1.807) is 0 Å². The Labute approximate surface area is 105 Å². The number of aliphatic hydroxyl groups is 2. The normalized spacial score (nSPS) is 32.6. The molecule has 2 aliphatic carbocycles. The van der Waals surface area contributed by atoms with E-state index in [9.17, 15) is 10.2 Å². The molecule has 3 unspecified atom stereocenters. The summed E-state index contributed by atoms with van der Waals surface area (Å²) in [6, 6.07) is 0. The topological polar surface area (TPSA) is 43.7 Å². The van der Waals surface area contributed by atoms with Crippen LogP contribution in [0.2, 0.25) is 0 Å². The van der Waals surface area contributed by atoms with Crippen molar-refractivity contribution in [2.24, 2.45) is 23.2 Å². The highest BCUT2D eigenvalue weighted by Gasteiger charge is 2.40. The summed E-state index contributed by atoms with van der Waals surface area (Å²) in [6.45, 7) is 3.99. The van der Waals surface area contributed by atoms with Crippen molar-refractivity contribution >= 4 is 0 Å². The monoisotopic (exact) mass is 241 g/mol. The number of hydrogen-bond donors (Lipinski definition) is 2. The molecule has 2 fully saturated rings. The summed E-state index contributed by atoms with van der Waals surface area (Å²) in [5, 5.41) is 18.6. The van der Waals surface area contributed by atoms with Crippen LogP contribution in [0.5, 0.6) is 0 Å². The van der Waals surface area contributed by atoms with Crippen LogP contribution in [0.4, 0.5) is 0 Å². The van der Waals surface area contributed by atoms with Crippen molar-refractivity contribution in [1.82, 2.24) is 4.90 Å². The molecule has 0 aromatic rings. The fourth-order valence-electron chi connectivity index (χ4n) is 3.87. The van der Waals surface area contributed by atoms with Crippen LogP contribution in [-0.4, -0.2) is 48.5 Å². The molecule has 0 aliphatic heterocycles. The van der Waals surface area contributed by atoms with E-state index in [4.69, 9.17) is 0 Å². The molecule has 3 atom stereocenters. The van der Waals surface area contributed by atoms with Gasteiger partial charge in [-0.15, -0.1) is 0 Å². The molecule has 100 valence electrons. The van der Waals surface area contributed by atoms with Crippen molar-refractivity contribution in [1.29, 1.82) is 0 Å². The van der Waals surface area contributed by atoms with Gasteiger partial charge >= 0.3 is 0 Å². The van der Waals surface area contributed by atoms with E-state index in [-0.39, 0.29) is 18.6 Å². The number of rotatable bonds is 6. The Balaban J connectivity index is 1.79. The van der Waals surface area contributed by atoms with E-state index in [0.29, 0.717) is 0 Å². The highest BCUT2D eigenvalue weighted by Crippen LogP contribution is 2.48. The number of nitrogens with zero attached hydrogens (tertiary/aromatic N) is 1. The smallest absolute Gasteiger partial charge is 0.0519 e. The lowest BCUT2D eigenvalue weighted by Gasteiger charge is -2.33. The van der Waals surface area contributed by atoms with Crippen molar-refractivity contribution in [2.75, 3.05) is 33.4 Å². The lowest BCUT2D eigenvalue weighted by Crippen LogP contribution is -2.41. The molecule has 2 saturated carbocycles. The first-order chi connectivity index (χ1) is 8.06. The van der Waals surface area contributed by atoms with Gasteiger partial charge in [-0.2, -0.15) is 0 Å². The second-order valence-electron chi connectivity index (χ2n) is 6.76. The van der Waals surface area contributed by atoms with Crippen molar-refractivity contribution in [3.05, 3.63) is 0 Å². The van der Waals surface area contributed by atoms with Crippen molar-refractivity contribution in [3.8, 4) is 0 Å². The molecular formula is C14H27NO2. The minimum Gasteiger partial charge on any atom is -0.396 e. The lowest BCUT2D eigenvalue weighted by molar-refractivity contribution is 0.0358. The Morgan fingerprint density at radius 3 is 2.35 bits per heavy atom. The molecule has 3 heteroatoms. The van der Waals surface area contributed by atoms with Gasteiger partial charge in [0.1, 0.15) is 0 Å². The largest absolute Gasteiger partial charge is 0.396 e. The maximum absolute atomic E-state index is 9.31. The highest BCUT2D eigenvalue weighted by atomic mass is 16.3. The summed E-state index contributed by atoms with van der Waals surface area (Å²) in [5.41, 5.74) is -0.355. The van der Waals surface area contributed by atoms with E-state index in [1.165, 1.54) is 25.7 Å². The van der Waals surface area contributed by atoms with Gasteiger partial charge in [-0.3, -0.25) is 0 Å². The van der Waals surface area contributed by atoms with E-state index >= 15 is 0 Å². The molecule has 2 rings (SSSR count). The van der Waals surface area contributed by atoms with E-state index < -0.39 is 0 Å². The first-order valence-electron chi connectivity index (χ1n) is 6.96. The molecule has 0 aromatic carbocycles. The zero-order valence-electron chi connectivity index (χ0n) is 11.2. The van der Waals surface area contributed by atoms with Crippen LogP contribution in [0.3, 0.4) is 0 Å². The first-order valence-corrected chi connectivity index (χ1v) is 6.96. The van der Waals surface area contributed by atoms with Gasteiger partial charge in [0.25, 0.3) is 0 Å². The lowest BCUT2D eigenvalue weighted by atomic mass is 9.87. The molecule has 2 N–H and O–H groups in total. The van der Waals surface area contributed by atoms with E-state index in [2.05, 4.69) is 11.9 Å². The van der Waals surface area contributed by atoms with Gasteiger partial charge in [-0.25, -0.2) is 0 Å². The quantitative estimate of drug-likeness (QED) is 0.737. The number of fused-ring (bicyclic) bond motifs is 2. The first kappa shape index (κ1) is 13.3. The van der Waals surface area contributed by atoms with Crippen LogP contribution in [0.15, 0.2) is 0 Å². The maximum atomic E-state index is 9.31. The van der Waals surface area contributed by atoms with Gasteiger partial charge in [-0.05, 0) is 44.1 Å². The third-order valence-corrected chi connectivity index (χ3v) is 4.85. The Morgan fingerprint density at radius 1 is 1.18 bits per heavy atom. The third kappa shape index (κ3) is 3.01. The second kappa shape index (κ2) is 5.25. The predicted molar refractivity (Wildman–Crippen MR) is 68.7 cm³/mol. The van der Waals surface area contributed by atoms with Gasteiger partial charge in [-0.1, -0.05) is 13.3 Å². The van der Waals surface area contributed by atoms with Gasteiger partial charge in [0.05, 0.1) is 13.2 Å². The number of aliphatic hydroxyl groups excluding tert-OH is 2. The molecule has 17 heavy (non-hydrogen) atoms. The van der Waals surface area contributed by atoms with Crippen molar-refractivity contribution < 1.29 is 10.2 Å². The minimum atomic E-state index is -0.355. The molecule has 3 nitrogen and oxygen atoms in total. The molecule has 0 amide bonds. The molecule has 0 saturated heterocycles. The molecule has 2 aliphatic rings. The second-order valence-corrected chi connectivity index (χ2v) is 6.76.